The lowest BCUT2D eigenvalue weighted by atomic mass is 10.2. The first-order chi connectivity index (χ1) is 6.90. The lowest BCUT2D eigenvalue weighted by Crippen LogP contribution is -2.03. The van der Waals surface area contributed by atoms with Crippen molar-refractivity contribution in [2.75, 3.05) is 12.8 Å². The van der Waals surface area contributed by atoms with E-state index in [-0.39, 0.29) is 7.92 Å². The van der Waals surface area contributed by atoms with Crippen LogP contribution in [0.15, 0.2) is 35.5 Å². The molecule has 0 saturated heterocycles. The fourth-order valence-electron chi connectivity index (χ4n) is 1.40. The van der Waals surface area contributed by atoms with Gasteiger partial charge in [-0.3, -0.25) is 0 Å². The van der Waals surface area contributed by atoms with Crippen LogP contribution in [0.3, 0.4) is 0 Å². The lowest BCUT2D eigenvalue weighted by molar-refractivity contribution is 1.10. The molecule has 2 atom stereocenters. The Morgan fingerprint density at radius 3 is 2.27 bits per heavy atom. The molecule has 2 unspecified atom stereocenters. The van der Waals surface area contributed by atoms with E-state index in [0.29, 0.717) is 5.66 Å². The van der Waals surface area contributed by atoms with Crippen LogP contribution >= 0.6 is 7.92 Å². The Morgan fingerprint density at radius 2 is 1.87 bits per heavy atom. The Morgan fingerprint density at radius 1 is 1.33 bits per heavy atom. The lowest BCUT2D eigenvalue weighted by Gasteiger charge is -2.21. The fourth-order valence-corrected chi connectivity index (χ4v) is 3.43. The third-order valence-corrected chi connectivity index (χ3v) is 5.69. The van der Waals surface area contributed by atoms with Crippen molar-refractivity contribution in [3.8, 4) is 0 Å². The molecule has 0 aliphatic heterocycles. The van der Waals surface area contributed by atoms with Gasteiger partial charge in [0.1, 0.15) is 0 Å². The van der Waals surface area contributed by atoms with Crippen molar-refractivity contribution < 1.29 is 0 Å². The minimum absolute atomic E-state index is 0.0449. The summed E-state index contributed by atoms with van der Waals surface area (Å²) >= 11 is 0. The van der Waals surface area contributed by atoms with Crippen LogP contribution in [0.2, 0.25) is 0 Å². The molecule has 0 N–H and O–H groups in total. The van der Waals surface area contributed by atoms with E-state index < -0.39 is 0 Å². The molecule has 0 aromatic carbocycles. The molecule has 0 radical (unpaired) electrons. The average molecular weight is 224 g/mol. The molecular formula is C14H25P. The molecule has 0 saturated carbocycles. The summed E-state index contributed by atoms with van der Waals surface area (Å²) in [6.07, 6.45) is 5.54. The molecule has 0 bridgehead atoms. The molecule has 0 rings (SSSR count). The molecule has 86 valence electrons. The van der Waals surface area contributed by atoms with E-state index in [0.717, 1.165) is 0 Å². The molecule has 0 aromatic heterocycles. The second kappa shape index (κ2) is 7.01. The van der Waals surface area contributed by atoms with Crippen molar-refractivity contribution in [1.29, 1.82) is 0 Å². The molecule has 1 heteroatoms. The summed E-state index contributed by atoms with van der Waals surface area (Å²) in [6, 6.07) is 0. The first-order valence-electron chi connectivity index (χ1n) is 5.54. The van der Waals surface area contributed by atoms with Gasteiger partial charge in [0, 0.05) is 0 Å². The first-order valence-corrected chi connectivity index (χ1v) is 7.59. The second-order valence-corrected chi connectivity index (χ2v) is 7.01. The molecule has 15 heavy (non-hydrogen) atoms. The monoisotopic (exact) mass is 224 g/mol. The number of hydrogen-bond acceptors (Lipinski definition) is 0. The smallest absolute Gasteiger partial charge is 0.00328 e. The fraction of sp³-hybridized carbons (Fsp3) is 0.571. The van der Waals surface area contributed by atoms with Crippen molar-refractivity contribution in [1.82, 2.24) is 0 Å². The van der Waals surface area contributed by atoms with E-state index in [2.05, 4.69) is 60.0 Å². The summed E-state index contributed by atoms with van der Waals surface area (Å²) in [4.78, 5) is 0. The maximum atomic E-state index is 4.05. The Kier molecular flexibility index (Phi) is 6.85. The zero-order valence-corrected chi connectivity index (χ0v) is 12.0. The van der Waals surface area contributed by atoms with E-state index in [4.69, 9.17) is 0 Å². The van der Waals surface area contributed by atoms with E-state index in [1.54, 1.807) is 0 Å². The SMILES string of the molecule is C=C(C)C(C)P(C)C/C(C)=C(C)/C=C\C. The molecule has 0 fully saturated rings. The maximum absolute atomic E-state index is 4.05. The summed E-state index contributed by atoms with van der Waals surface area (Å²) in [5.74, 6) is 0. The van der Waals surface area contributed by atoms with Gasteiger partial charge >= 0.3 is 0 Å². The largest absolute Gasteiger partial charge is 0.0995 e. The molecule has 0 spiro atoms. The summed E-state index contributed by atoms with van der Waals surface area (Å²) in [7, 11) is 0.0449. The van der Waals surface area contributed by atoms with Gasteiger partial charge in [-0.2, -0.15) is 0 Å². The van der Waals surface area contributed by atoms with Crippen LogP contribution in [0, 0.1) is 0 Å². The topological polar surface area (TPSA) is 0 Å². The van der Waals surface area contributed by atoms with Gasteiger partial charge in [0.05, 0.1) is 0 Å². The van der Waals surface area contributed by atoms with Gasteiger partial charge in [-0.1, -0.05) is 50.3 Å². The number of allylic oxidation sites excluding steroid dienone is 5. The van der Waals surface area contributed by atoms with Crippen molar-refractivity contribution in [3.05, 3.63) is 35.5 Å². The van der Waals surface area contributed by atoms with Crippen molar-refractivity contribution in [2.24, 2.45) is 0 Å². The number of rotatable bonds is 5. The molecule has 0 aliphatic rings. The third kappa shape index (κ3) is 5.33. The van der Waals surface area contributed by atoms with Crippen LogP contribution in [0.5, 0.6) is 0 Å². The van der Waals surface area contributed by atoms with E-state index in [1.807, 2.05) is 0 Å². The second-order valence-electron chi connectivity index (χ2n) is 4.40. The summed E-state index contributed by atoms with van der Waals surface area (Å²) < 4.78 is 0. The van der Waals surface area contributed by atoms with Crippen molar-refractivity contribution in [3.63, 3.8) is 0 Å². The Labute approximate surface area is 96.9 Å². The van der Waals surface area contributed by atoms with E-state index in [9.17, 15) is 0 Å². The van der Waals surface area contributed by atoms with Crippen LogP contribution in [-0.4, -0.2) is 18.5 Å². The molecule has 0 amide bonds. The molecule has 0 aromatic rings. The Hall–Kier alpha value is -0.350. The van der Waals surface area contributed by atoms with Gasteiger partial charge < -0.3 is 0 Å². The van der Waals surface area contributed by atoms with Gasteiger partial charge in [-0.15, -0.1) is 0 Å². The standard InChI is InChI=1S/C14H25P/c1-8-9-12(4)13(5)10-15(7)14(6)11(2)3/h8-9,14H,2,10H2,1,3-7H3/b9-8-,13-12+. The average Bonchev–Trinajstić information content (AvgIpc) is 2.16. The predicted molar refractivity (Wildman–Crippen MR) is 75.2 cm³/mol. The molecular weight excluding hydrogens is 199 g/mol. The highest BCUT2D eigenvalue weighted by atomic mass is 31.1. The quantitative estimate of drug-likeness (QED) is 0.351. The van der Waals surface area contributed by atoms with Gasteiger partial charge in [0.25, 0.3) is 0 Å². The normalized spacial score (nSPS) is 17.5. The highest BCUT2D eigenvalue weighted by molar-refractivity contribution is 7.58. The predicted octanol–water partition coefficient (Wildman–Crippen LogP) is 4.98. The molecule has 0 nitrogen and oxygen atoms in total. The van der Waals surface area contributed by atoms with E-state index in [1.165, 1.54) is 22.9 Å². The summed E-state index contributed by atoms with van der Waals surface area (Å²) in [5.41, 5.74) is 4.93. The molecule has 0 heterocycles. The highest BCUT2D eigenvalue weighted by Crippen LogP contribution is 2.42. The Balaban J connectivity index is 4.47. The van der Waals surface area contributed by atoms with Crippen LogP contribution in [-0.2, 0) is 0 Å². The van der Waals surface area contributed by atoms with Gasteiger partial charge in [-0.05, 0) is 46.2 Å². The zero-order chi connectivity index (χ0) is 12.0. The number of hydrogen-bond donors (Lipinski definition) is 0. The van der Waals surface area contributed by atoms with Gasteiger partial charge in [0.15, 0.2) is 0 Å². The van der Waals surface area contributed by atoms with Crippen LogP contribution in [0.4, 0.5) is 0 Å². The molecule has 0 aliphatic carbocycles. The van der Waals surface area contributed by atoms with Crippen molar-refractivity contribution >= 4 is 7.92 Å². The van der Waals surface area contributed by atoms with Gasteiger partial charge in [0.2, 0.25) is 0 Å². The first kappa shape index (κ1) is 14.6. The summed E-state index contributed by atoms with van der Waals surface area (Å²) in [6.45, 7) is 17.4. The van der Waals surface area contributed by atoms with Gasteiger partial charge in [-0.25, -0.2) is 0 Å². The zero-order valence-electron chi connectivity index (χ0n) is 11.1. The highest BCUT2D eigenvalue weighted by Gasteiger charge is 2.12. The van der Waals surface area contributed by atoms with Crippen LogP contribution in [0.25, 0.3) is 0 Å². The summed E-state index contributed by atoms with van der Waals surface area (Å²) in [5, 5.41) is 0. The van der Waals surface area contributed by atoms with Crippen LogP contribution < -0.4 is 0 Å². The Bertz CT molecular complexity index is 271. The van der Waals surface area contributed by atoms with E-state index >= 15 is 0 Å². The maximum Gasteiger partial charge on any atom is -0.00328 e. The minimum Gasteiger partial charge on any atom is -0.0995 e. The minimum atomic E-state index is 0.0449. The van der Waals surface area contributed by atoms with Crippen LogP contribution in [0.1, 0.15) is 34.6 Å². The third-order valence-electron chi connectivity index (χ3n) is 2.95. The van der Waals surface area contributed by atoms with Crippen molar-refractivity contribution in [2.45, 2.75) is 40.3 Å².